The molecule has 0 bridgehead atoms. The fraction of sp³-hybridized carbons (Fsp3) is 0.571. The van der Waals surface area contributed by atoms with Crippen molar-refractivity contribution in [2.24, 2.45) is 0 Å². The van der Waals surface area contributed by atoms with Gasteiger partial charge in [0.15, 0.2) is 0 Å². The molecule has 0 aliphatic carbocycles. The van der Waals surface area contributed by atoms with Crippen molar-refractivity contribution in [1.29, 1.82) is 0 Å². The molecule has 17 heavy (non-hydrogen) atoms. The van der Waals surface area contributed by atoms with Gasteiger partial charge in [-0.1, -0.05) is 18.2 Å². The largest absolute Gasteiger partial charge is 0.379 e. The highest BCUT2D eigenvalue weighted by molar-refractivity contribution is 7.80. The van der Waals surface area contributed by atoms with Crippen LogP contribution in [0.2, 0.25) is 0 Å². The van der Waals surface area contributed by atoms with Crippen molar-refractivity contribution >= 4 is 18.3 Å². The smallest absolute Gasteiger partial charge is 0.0642 e. The molecule has 0 amide bonds. The quantitative estimate of drug-likeness (QED) is 0.638. The van der Waals surface area contributed by atoms with Gasteiger partial charge >= 0.3 is 0 Å². The summed E-state index contributed by atoms with van der Waals surface area (Å²) in [5.74, 6) is 0.802. The average Bonchev–Trinajstić information content (AvgIpc) is 2.57. The average molecular weight is 251 g/mol. The van der Waals surface area contributed by atoms with Crippen LogP contribution in [-0.2, 0) is 11.2 Å². The second-order valence-corrected chi connectivity index (χ2v) is 4.86. The number of thiol groups is 1. The molecule has 94 valence electrons. The van der Waals surface area contributed by atoms with E-state index in [1.807, 2.05) is 0 Å². The predicted octanol–water partition coefficient (Wildman–Crippen LogP) is 2.78. The maximum absolute atomic E-state index is 5.52. The number of nitrogens with zero attached hydrogens (tertiary/aromatic N) is 1. The van der Waals surface area contributed by atoms with Gasteiger partial charge in [-0.05, 0) is 30.9 Å². The van der Waals surface area contributed by atoms with Crippen molar-refractivity contribution in [2.75, 3.05) is 37.0 Å². The number of rotatable bonds is 5. The molecule has 0 atom stereocenters. The molecule has 1 heterocycles. The van der Waals surface area contributed by atoms with Gasteiger partial charge in [0.05, 0.1) is 13.2 Å². The van der Waals surface area contributed by atoms with Crippen molar-refractivity contribution in [3.63, 3.8) is 0 Å². The number of fused-ring (bicyclic) bond motifs is 1. The van der Waals surface area contributed by atoms with Crippen LogP contribution in [0.3, 0.4) is 0 Å². The first-order valence-electron chi connectivity index (χ1n) is 6.43. The SMILES string of the molecule is SCCOCCN1CCCCc2ccccc21. The van der Waals surface area contributed by atoms with Crippen molar-refractivity contribution < 1.29 is 4.74 Å². The Morgan fingerprint density at radius 2 is 2.06 bits per heavy atom. The van der Waals surface area contributed by atoms with Crippen molar-refractivity contribution in [2.45, 2.75) is 19.3 Å². The van der Waals surface area contributed by atoms with E-state index >= 15 is 0 Å². The zero-order valence-corrected chi connectivity index (χ0v) is 11.2. The van der Waals surface area contributed by atoms with Crippen LogP contribution < -0.4 is 4.90 Å². The van der Waals surface area contributed by atoms with Crippen LogP contribution in [0.1, 0.15) is 18.4 Å². The Morgan fingerprint density at radius 1 is 1.18 bits per heavy atom. The first-order valence-corrected chi connectivity index (χ1v) is 7.06. The maximum atomic E-state index is 5.52. The van der Waals surface area contributed by atoms with Crippen LogP contribution in [0.5, 0.6) is 0 Å². The molecule has 0 fully saturated rings. The van der Waals surface area contributed by atoms with E-state index in [1.54, 1.807) is 0 Å². The fourth-order valence-corrected chi connectivity index (χ4v) is 2.47. The summed E-state index contributed by atoms with van der Waals surface area (Å²) in [6.45, 7) is 3.69. The molecule has 1 aromatic rings. The third-order valence-electron chi connectivity index (χ3n) is 3.20. The van der Waals surface area contributed by atoms with Crippen LogP contribution in [0, 0.1) is 0 Å². The first-order chi connectivity index (χ1) is 8.42. The highest BCUT2D eigenvalue weighted by atomic mass is 32.1. The number of anilines is 1. The van der Waals surface area contributed by atoms with Crippen LogP contribution in [-0.4, -0.2) is 32.1 Å². The Kier molecular flexibility index (Phi) is 5.20. The molecular weight excluding hydrogens is 230 g/mol. The summed E-state index contributed by atoms with van der Waals surface area (Å²) < 4.78 is 5.52. The number of benzene rings is 1. The van der Waals surface area contributed by atoms with E-state index in [2.05, 4.69) is 41.8 Å². The summed E-state index contributed by atoms with van der Waals surface area (Å²) in [6.07, 6.45) is 3.79. The Morgan fingerprint density at radius 3 is 2.94 bits per heavy atom. The molecule has 0 spiro atoms. The summed E-state index contributed by atoms with van der Waals surface area (Å²) in [5, 5.41) is 0. The third kappa shape index (κ3) is 3.65. The zero-order valence-electron chi connectivity index (χ0n) is 10.3. The van der Waals surface area contributed by atoms with E-state index in [4.69, 9.17) is 4.74 Å². The van der Waals surface area contributed by atoms with Gasteiger partial charge < -0.3 is 9.64 Å². The lowest BCUT2D eigenvalue weighted by Gasteiger charge is -2.24. The van der Waals surface area contributed by atoms with Gasteiger partial charge in [-0.15, -0.1) is 0 Å². The van der Waals surface area contributed by atoms with Gasteiger partial charge in [-0.3, -0.25) is 0 Å². The Balaban J connectivity index is 1.97. The lowest BCUT2D eigenvalue weighted by Crippen LogP contribution is -2.28. The third-order valence-corrected chi connectivity index (χ3v) is 3.38. The van der Waals surface area contributed by atoms with Crippen molar-refractivity contribution in [3.8, 4) is 0 Å². The number of aryl methyl sites for hydroxylation is 1. The Bertz CT molecular complexity index is 343. The molecule has 0 saturated carbocycles. The highest BCUT2D eigenvalue weighted by Crippen LogP contribution is 2.25. The lowest BCUT2D eigenvalue weighted by molar-refractivity contribution is 0.156. The minimum absolute atomic E-state index is 0.749. The van der Waals surface area contributed by atoms with Gasteiger partial charge in [-0.2, -0.15) is 12.6 Å². The van der Waals surface area contributed by atoms with E-state index in [0.717, 1.165) is 32.1 Å². The van der Waals surface area contributed by atoms with Gasteiger partial charge in [0, 0.05) is 24.5 Å². The van der Waals surface area contributed by atoms with Crippen molar-refractivity contribution in [1.82, 2.24) is 0 Å². The molecular formula is C14H21NOS. The molecule has 0 unspecified atom stereocenters. The van der Waals surface area contributed by atoms with Crippen molar-refractivity contribution in [3.05, 3.63) is 29.8 Å². The van der Waals surface area contributed by atoms with E-state index in [0.29, 0.717) is 0 Å². The Labute approximate surface area is 109 Å². The normalized spacial score (nSPS) is 15.5. The monoisotopic (exact) mass is 251 g/mol. The van der Waals surface area contributed by atoms with E-state index in [-0.39, 0.29) is 0 Å². The molecule has 1 aromatic carbocycles. The topological polar surface area (TPSA) is 12.5 Å². The second kappa shape index (κ2) is 6.92. The van der Waals surface area contributed by atoms with Crippen LogP contribution in [0.15, 0.2) is 24.3 Å². The van der Waals surface area contributed by atoms with Gasteiger partial charge in [0.25, 0.3) is 0 Å². The molecule has 0 N–H and O–H groups in total. The van der Waals surface area contributed by atoms with E-state index in [9.17, 15) is 0 Å². The molecule has 1 aliphatic rings. The fourth-order valence-electron chi connectivity index (χ4n) is 2.34. The number of ether oxygens (including phenoxy) is 1. The van der Waals surface area contributed by atoms with Gasteiger partial charge in [0.2, 0.25) is 0 Å². The first kappa shape index (κ1) is 12.8. The van der Waals surface area contributed by atoms with Crippen LogP contribution in [0.4, 0.5) is 5.69 Å². The number of hydrogen-bond acceptors (Lipinski definition) is 3. The summed E-state index contributed by atoms with van der Waals surface area (Å²) in [7, 11) is 0. The van der Waals surface area contributed by atoms with Crippen LogP contribution in [0.25, 0.3) is 0 Å². The molecule has 0 saturated heterocycles. The zero-order chi connectivity index (χ0) is 11.9. The predicted molar refractivity (Wildman–Crippen MR) is 76.3 cm³/mol. The molecule has 2 rings (SSSR count). The number of para-hydroxylation sites is 1. The molecule has 1 aliphatic heterocycles. The molecule has 0 radical (unpaired) electrons. The van der Waals surface area contributed by atoms with Gasteiger partial charge in [0.1, 0.15) is 0 Å². The van der Waals surface area contributed by atoms with Crippen LogP contribution >= 0.6 is 12.6 Å². The minimum Gasteiger partial charge on any atom is -0.379 e. The molecule has 0 aromatic heterocycles. The summed E-state index contributed by atoms with van der Waals surface area (Å²) in [6, 6.07) is 8.76. The maximum Gasteiger partial charge on any atom is 0.0642 e. The second-order valence-electron chi connectivity index (χ2n) is 4.41. The summed E-state index contributed by atoms with van der Waals surface area (Å²) >= 11 is 4.14. The van der Waals surface area contributed by atoms with Gasteiger partial charge in [-0.25, -0.2) is 0 Å². The molecule has 3 heteroatoms. The lowest BCUT2D eigenvalue weighted by atomic mass is 10.1. The molecule has 2 nitrogen and oxygen atoms in total. The number of hydrogen-bond donors (Lipinski definition) is 1. The van der Waals surface area contributed by atoms with E-state index in [1.165, 1.54) is 30.5 Å². The minimum atomic E-state index is 0.749. The van der Waals surface area contributed by atoms with E-state index < -0.39 is 0 Å². The summed E-state index contributed by atoms with van der Waals surface area (Å²) in [4.78, 5) is 2.46. The Hall–Kier alpha value is -0.670. The standard InChI is InChI=1S/C14H21NOS/c17-12-11-16-10-9-15-8-4-3-6-13-5-1-2-7-14(13)15/h1-2,5,7,17H,3-4,6,8-12H2. The summed E-state index contributed by atoms with van der Waals surface area (Å²) in [5.41, 5.74) is 2.89. The highest BCUT2D eigenvalue weighted by Gasteiger charge is 2.13.